The summed E-state index contributed by atoms with van der Waals surface area (Å²) in [7, 11) is 0.727. The van der Waals surface area contributed by atoms with Gasteiger partial charge in [-0.15, -0.1) is 8.19 Å². The predicted octanol–water partition coefficient (Wildman–Crippen LogP) is 8.39. The monoisotopic (exact) mass is 424 g/mol. The average molecular weight is 424 g/mol. The van der Waals surface area contributed by atoms with Crippen LogP contribution in [-0.2, 0) is 5.41 Å². The highest BCUT2D eigenvalue weighted by Crippen LogP contribution is 2.57. The van der Waals surface area contributed by atoms with Crippen LogP contribution in [0, 0.1) is 0 Å². The number of hydrogen-bond acceptors (Lipinski definition) is 0. The molecular weight excluding hydrogens is 403 g/mol. The molecule has 7 rings (SSSR count). The van der Waals surface area contributed by atoms with Gasteiger partial charge in [0.15, 0.2) is 0 Å². The molecular formula is C31H21P. The van der Waals surface area contributed by atoms with E-state index in [0.29, 0.717) is 0 Å². The Labute approximate surface area is 189 Å². The van der Waals surface area contributed by atoms with Crippen molar-refractivity contribution in [1.82, 2.24) is 0 Å². The second-order valence-electron chi connectivity index (χ2n) is 8.64. The zero-order valence-corrected chi connectivity index (χ0v) is 18.5. The Morgan fingerprint density at radius 1 is 0.438 bits per heavy atom. The van der Waals surface area contributed by atoms with E-state index in [1.54, 1.807) is 0 Å². The molecule has 32 heavy (non-hydrogen) atoms. The van der Waals surface area contributed by atoms with E-state index in [1.807, 2.05) is 0 Å². The number of hydrogen-bond donors (Lipinski definition) is 0. The van der Waals surface area contributed by atoms with Crippen molar-refractivity contribution in [2.45, 2.75) is 5.41 Å². The van der Waals surface area contributed by atoms with E-state index in [9.17, 15) is 0 Å². The second-order valence-corrected chi connectivity index (χ2v) is 9.97. The molecule has 1 heteroatoms. The van der Waals surface area contributed by atoms with Crippen LogP contribution in [0.1, 0.15) is 22.3 Å². The van der Waals surface area contributed by atoms with Gasteiger partial charge in [-0.05, 0) is 61.4 Å². The second kappa shape index (κ2) is 6.70. The van der Waals surface area contributed by atoms with E-state index in [0.717, 1.165) is 8.19 Å². The van der Waals surface area contributed by atoms with Crippen molar-refractivity contribution in [2.24, 2.45) is 0 Å². The van der Waals surface area contributed by atoms with E-state index in [1.165, 1.54) is 54.4 Å². The Hall–Kier alpha value is -3.60. The quantitative estimate of drug-likeness (QED) is 0.261. The molecule has 0 fully saturated rings. The zero-order valence-electron chi connectivity index (χ0n) is 17.5. The van der Waals surface area contributed by atoms with E-state index >= 15 is 0 Å². The largest absolute Gasteiger partial charge is 0.123 e. The third-order valence-electron chi connectivity index (χ3n) is 7.08. The molecule has 0 radical (unpaired) electrons. The van der Waals surface area contributed by atoms with E-state index < -0.39 is 0 Å². The van der Waals surface area contributed by atoms with Crippen molar-refractivity contribution in [3.63, 3.8) is 0 Å². The minimum atomic E-state index is -0.315. The van der Waals surface area contributed by atoms with Gasteiger partial charge in [-0.2, -0.15) is 0 Å². The van der Waals surface area contributed by atoms with Crippen molar-refractivity contribution in [1.29, 1.82) is 0 Å². The van der Waals surface area contributed by atoms with Gasteiger partial charge in [-0.25, -0.2) is 0 Å². The first-order chi connectivity index (χ1) is 15.9. The van der Waals surface area contributed by atoms with E-state index in [2.05, 4.69) is 121 Å². The van der Waals surface area contributed by atoms with Crippen molar-refractivity contribution >= 4 is 29.2 Å². The summed E-state index contributed by atoms with van der Waals surface area (Å²) in [5.41, 5.74) is 7.86. The normalized spacial score (nSPS) is 14.1. The van der Waals surface area contributed by atoms with Crippen molar-refractivity contribution < 1.29 is 0 Å². The van der Waals surface area contributed by atoms with Crippen LogP contribution in [0.25, 0.3) is 32.1 Å². The highest BCUT2D eigenvalue weighted by atomic mass is 31.0. The maximum Gasteiger partial charge on any atom is 0.0713 e. The molecule has 150 valence electrons. The molecule has 0 N–H and O–H groups in total. The molecule has 1 aromatic heterocycles. The molecule has 1 atom stereocenters. The summed E-state index contributed by atoms with van der Waals surface area (Å²) in [6.07, 6.45) is 0. The van der Waals surface area contributed by atoms with Gasteiger partial charge in [-0.1, -0.05) is 109 Å². The molecule has 0 saturated heterocycles. The predicted molar refractivity (Wildman–Crippen MR) is 138 cm³/mol. The molecule has 0 nitrogen and oxygen atoms in total. The lowest BCUT2D eigenvalue weighted by Crippen LogP contribution is -2.28. The van der Waals surface area contributed by atoms with Gasteiger partial charge in [-0.3, -0.25) is 0 Å². The summed E-state index contributed by atoms with van der Waals surface area (Å²) >= 11 is 0. The summed E-state index contributed by atoms with van der Waals surface area (Å²) in [5, 5.41) is 5.73. The summed E-state index contributed by atoms with van der Waals surface area (Å²) < 4.78 is 0. The first-order valence-corrected chi connectivity index (χ1v) is 12.1. The third kappa shape index (κ3) is 2.28. The van der Waals surface area contributed by atoms with Gasteiger partial charge >= 0.3 is 0 Å². The van der Waals surface area contributed by atoms with Gasteiger partial charge in [0.2, 0.25) is 0 Å². The number of rotatable bonds is 2. The number of fused-ring (bicyclic) bond motifs is 6. The molecule has 1 heterocycles. The summed E-state index contributed by atoms with van der Waals surface area (Å²) in [5.74, 6) is 0. The highest BCUT2D eigenvalue weighted by molar-refractivity contribution is 7.43. The topological polar surface area (TPSA) is 0 Å². The Balaban J connectivity index is 1.70. The molecule has 0 aliphatic heterocycles. The minimum Gasteiger partial charge on any atom is -0.123 e. The lowest BCUT2D eigenvalue weighted by Gasteiger charge is -2.33. The first-order valence-electron chi connectivity index (χ1n) is 11.1. The Morgan fingerprint density at radius 2 is 1.06 bits per heavy atom. The molecule has 0 amide bonds. The van der Waals surface area contributed by atoms with Gasteiger partial charge in [0, 0.05) is 5.12 Å². The summed E-state index contributed by atoms with van der Waals surface area (Å²) in [4.78, 5) is 0. The number of benzene rings is 5. The van der Waals surface area contributed by atoms with E-state index in [-0.39, 0.29) is 5.41 Å². The van der Waals surface area contributed by atoms with Gasteiger partial charge in [0.05, 0.1) is 5.41 Å². The first kappa shape index (κ1) is 18.0. The molecule has 0 saturated carbocycles. The lowest BCUT2D eigenvalue weighted by molar-refractivity contribution is 0.769. The van der Waals surface area contributed by atoms with Crippen LogP contribution in [-0.4, -0.2) is 0 Å². The van der Waals surface area contributed by atoms with Crippen LogP contribution in [0.5, 0.6) is 0 Å². The molecule has 6 aromatic rings. The third-order valence-corrected chi connectivity index (χ3v) is 8.47. The van der Waals surface area contributed by atoms with Gasteiger partial charge < -0.3 is 0 Å². The molecule has 5 aromatic carbocycles. The van der Waals surface area contributed by atoms with Crippen molar-refractivity contribution in [3.05, 3.63) is 144 Å². The van der Waals surface area contributed by atoms with Gasteiger partial charge in [0.1, 0.15) is 0 Å². The fourth-order valence-electron chi connectivity index (χ4n) is 5.79. The highest BCUT2D eigenvalue weighted by Gasteiger charge is 2.46. The van der Waals surface area contributed by atoms with E-state index in [4.69, 9.17) is 0 Å². The van der Waals surface area contributed by atoms with Crippen LogP contribution < -0.4 is 0 Å². The molecule has 0 bridgehead atoms. The molecule has 1 aliphatic rings. The Kier molecular flexibility index (Phi) is 3.77. The Morgan fingerprint density at radius 3 is 1.81 bits per heavy atom. The smallest absolute Gasteiger partial charge is 0.0713 e. The Bertz CT molecular complexity index is 1570. The fraction of sp³-hybridized carbons (Fsp3) is 0.0323. The van der Waals surface area contributed by atoms with Crippen LogP contribution in [0.4, 0.5) is 0 Å². The van der Waals surface area contributed by atoms with Crippen LogP contribution in [0.3, 0.4) is 0 Å². The fourth-order valence-corrected chi connectivity index (χ4v) is 7.17. The lowest BCUT2D eigenvalue weighted by atomic mass is 9.67. The standard InChI is InChI=1S/C31H21P/c1-3-11-21(12-4-1)31(22-13-5-2-6-14-22)27-17-9-7-15-23(27)25-20-30-26(19-28(25)31)24-16-8-10-18-29(24)32-30/h1-20,32H. The van der Waals surface area contributed by atoms with Crippen LogP contribution in [0.15, 0.2) is 121 Å². The molecule has 1 unspecified atom stereocenters. The average Bonchev–Trinajstić information content (AvgIpc) is 3.37. The summed E-state index contributed by atoms with van der Waals surface area (Å²) in [6.45, 7) is 0. The van der Waals surface area contributed by atoms with Crippen LogP contribution in [0.2, 0.25) is 0 Å². The SMILES string of the molecule is c1ccc(C2(c3ccccc3)c3ccccc3-c3cc4[pH]c5ccccc5c4cc32)cc1. The summed E-state index contributed by atoms with van der Waals surface area (Å²) in [6, 6.07) is 45.0. The maximum absolute atomic E-state index is 2.50. The molecule has 1 aliphatic carbocycles. The van der Waals surface area contributed by atoms with Crippen molar-refractivity contribution in [3.8, 4) is 11.1 Å². The zero-order chi connectivity index (χ0) is 21.1. The molecule has 0 spiro atoms. The van der Waals surface area contributed by atoms with Crippen LogP contribution >= 0.6 is 8.19 Å². The minimum absolute atomic E-state index is 0.315. The van der Waals surface area contributed by atoms with Gasteiger partial charge in [0.25, 0.3) is 0 Å². The maximum atomic E-state index is 2.50. The van der Waals surface area contributed by atoms with Crippen molar-refractivity contribution in [2.75, 3.05) is 0 Å².